The van der Waals surface area contributed by atoms with Gasteiger partial charge in [0.15, 0.2) is 34.9 Å². The van der Waals surface area contributed by atoms with Crippen LogP contribution in [0.1, 0.15) is 0 Å². The zero-order chi connectivity index (χ0) is 49.0. The molecule has 0 fully saturated rings. The van der Waals surface area contributed by atoms with E-state index in [0.29, 0.717) is 57.7 Å². The van der Waals surface area contributed by atoms with Crippen molar-refractivity contribution in [3.05, 3.63) is 231 Å². The zero-order valence-electron chi connectivity index (χ0n) is 39.3. The smallest absolute Gasteiger partial charge is 0.182 e. The van der Waals surface area contributed by atoms with E-state index in [0.717, 1.165) is 77.2 Å². The van der Waals surface area contributed by atoms with Crippen LogP contribution in [0.2, 0.25) is 0 Å². The summed E-state index contributed by atoms with van der Waals surface area (Å²) in [5, 5.41) is 4.60. The molecule has 0 radical (unpaired) electrons. The van der Waals surface area contributed by atoms with Crippen molar-refractivity contribution in [3.63, 3.8) is 0 Å². The molecule has 0 spiro atoms. The molecule has 0 atom stereocenters. The molecule has 8 aromatic heterocycles. The van der Waals surface area contributed by atoms with Crippen LogP contribution in [0.25, 0.3) is 135 Å². The summed E-state index contributed by atoms with van der Waals surface area (Å²) in [5.74, 6) is 2.97. The maximum atomic E-state index is 4.96. The van der Waals surface area contributed by atoms with E-state index in [9.17, 15) is 0 Å². The van der Waals surface area contributed by atoms with E-state index in [1.807, 2.05) is 84.9 Å². The van der Waals surface area contributed by atoms with Crippen LogP contribution < -0.4 is 0 Å². The molecular formula is C62H38N12. The Bertz CT molecular complexity index is 4020. The van der Waals surface area contributed by atoms with Gasteiger partial charge in [0.05, 0.1) is 22.1 Å². The van der Waals surface area contributed by atoms with Gasteiger partial charge in [-0.1, -0.05) is 97.1 Å². The van der Waals surface area contributed by atoms with Crippen LogP contribution in [-0.4, -0.2) is 59.0 Å². The van der Waals surface area contributed by atoms with Gasteiger partial charge in [-0.3, -0.25) is 19.9 Å². The highest BCUT2D eigenvalue weighted by molar-refractivity contribution is 6.12. The molecule has 0 amide bonds. The maximum absolute atomic E-state index is 4.96. The summed E-state index contributed by atoms with van der Waals surface area (Å²) in [7, 11) is 0. The number of nitrogens with zero attached hydrogens (tertiary/aromatic N) is 12. The van der Waals surface area contributed by atoms with Crippen LogP contribution in [-0.2, 0) is 0 Å². The molecule has 0 aliphatic rings. The average molecular weight is 951 g/mol. The van der Waals surface area contributed by atoms with Crippen molar-refractivity contribution in [1.29, 1.82) is 0 Å². The first-order chi connectivity index (χ1) is 36.7. The highest BCUT2D eigenvalue weighted by Gasteiger charge is 2.20. The number of hydrogen-bond acceptors (Lipinski definition) is 10. The molecule has 8 heterocycles. The number of para-hydroxylation sites is 2. The molecule has 0 N–H and O–H groups in total. The molecule has 0 unspecified atom stereocenters. The Balaban J connectivity index is 0.856. The van der Waals surface area contributed by atoms with Gasteiger partial charge in [0, 0.05) is 68.8 Å². The van der Waals surface area contributed by atoms with Crippen molar-refractivity contribution < 1.29 is 0 Å². The van der Waals surface area contributed by atoms with Crippen molar-refractivity contribution in [2.75, 3.05) is 0 Å². The highest BCUT2D eigenvalue weighted by atomic mass is 15.1. The lowest BCUT2D eigenvalue weighted by Gasteiger charge is -2.12. The van der Waals surface area contributed by atoms with Crippen molar-refractivity contribution in [1.82, 2.24) is 59.0 Å². The van der Waals surface area contributed by atoms with Crippen LogP contribution >= 0.6 is 0 Å². The number of aromatic nitrogens is 12. The van der Waals surface area contributed by atoms with Gasteiger partial charge in [0.25, 0.3) is 0 Å². The Morgan fingerprint density at radius 1 is 0.230 bits per heavy atom. The maximum Gasteiger partial charge on any atom is 0.182 e. The molecule has 0 saturated heterocycles. The number of fused-ring (bicyclic) bond motifs is 6. The van der Waals surface area contributed by atoms with Crippen LogP contribution in [0.15, 0.2) is 231 Å². The molecule has 346 valence electrons. The average Bonchev–Trinajstić information content (AvgIpc) is 4.02. The van der Waals surface area contributed by atoms with Crippen LogP contribution in [0, 0.1) is 0 Å². The molecule has 0 aliphatic carbocycles. The van der Waals surface area contributed by atoms with Gasteiger partial charge in [0.1, 0.15) is 22.8 Å². The van der Waals surface area contributed by atoms with Gasteiger partial charge >= 0.3 is 0 Å². The minimum Gasteiger partial charge on any atom is -0.309 e. The molecule has 74 heavy (non-hydrogen) atoms. The van der Waals surface area contributed by atoms with Gasteiger partial charge in [-0.25, -0.2) is 29.9 Å². The van der Waals surface area contributed by atoms with Gasteiger partial charge in [-0.15, -0.1) is 0 Å². The Kier molecular flexibility index (Phi) is 10.2. The number of pyridine rings is 4. The molecule has 12 nitrogen and oxygen atoms in total. The molecule has 12 heteroatoms. The normalized spacial score (nSPS) is 11.5. The van der Waals surface area contributed by atoms with E-state index >= 15 is 0 Å². The van der Waals surface area contributed by atoms with Gasteiger partial charge in [0.2, 0.25) is 0 Å². The molecule has 0 bridgehead atoms. The standard InChI is InChI=1S/C62H38N12/c1-3-25-53-45(19-1)47-37-39(27-29-55(47)73(53)43-17-13-15-41(35-43)57-67-59(49-21-5-9-31-63-49)71-60(68-57)50-22-6-10-32-64-50)40-28-30-56-48(38-40)46-20-2-4-26-54(46)74(56)44-18-14-16-42(36-44)58-69-61(51-23-7-11-33-65-51)72-62(70-58)52-24-8-12-34-66-52/h1-38H. The number of rotatable bonds is 9. The fraction of sp³-hybridized carbons (Fsp3) is 0. The summed E-state index contributed by atoms with van der Waals surface area (Å²) in [6.07, 6.45) is 6.97. The zero-order valence-corrected chi connectivity index (χ0v) is 39.3. The number of benzene rings is 6. The number of hydrogen-bond donors (Lipinski definition) is 0. The largest absolute Gasteiger partial charge is 0.309 e. The quantitative estimate of drug-likeness (QED) is 0.137. The SMILES string of the molecule is c1ccc(-c2nc(-c3cccc(-n4c5ccccc5c5cc(-c6ccc7c(c6)c6ccccc6n7-c6cccc(-c7nc(-c8ccccn8)nc(-c8ccccn8)n7)c6)ccc54)c3)nc(-c3ccccn3)n2)nc1. The Hall–Kier alpha value is -10.5. The van der Waals surface area contributed by atoms with Gasteiger partial charge in [-0.2, -0.15) is 0 Å². The molecule has 0 aliphatic heterocycles. The lowest BCUT2D eigenvalue weighted by atomic mass is 10.0. The monoisotopic (exact) mass is 950 g/mol. The minimum atomic E-state index is 0.478. The summed E-state index contributed by atoms with van der Waals surface area (Å²) in [6, 6.07) is 70.3. The summed E-state index contributed by atoms with van der Waals surface area (Å²) in [5.41, 5.74) is 12.9. The van der Waals surface area contributed by atoms with Crippen molar-refractivity contribution in [2.45, 2.75) is 0 Å². The van der Waals surface area contributed by atoms with E-state index < -0.39 is 0 Å². The first-order valence-corrected chi connectivity index (χ1v) is 24.1. The van der Waals surface area contributed by atoms with E-state index in [4.69, 9.17) is 29.9 Å². The van der Waals surface area contributed by atoms with E-state index in [2.05, 4.69) is 150 Å². The van der Waals surface area contributed by atoms with E-state index in [1.54, 1.807) is 24.8 Å². The first-order valence-electron chi connectivity index (χ1n) is 24.1. The second-order valence-corrected chi connectivity index (χ2v) is 17.7. The third kappa shape index (κ3) is 7.49. The highest BCUT2D eigenvalue weighted by Crippen LogP contribution is 2.39. The van der Waals surface area contributed by atoms with Crippen molar-refractivity contribution >= 4 is 43.6 Å². The lowest BCUT2D eigenvalue weighted by Crippen LogP contribution is -2.02. The topological polar surface area (TPSA) is 139 Å². The van der Waals surface area contributed by atoms with E-state index in [-0.39, 0.29) is 0 Å². The molecular weight excluding hydrogens is 913 g/mol. The molecule has 6 aromatic carbocycles. The van der Waals surface area contributed by atoms with Crippen molar-refractivity contribution in [3.8, 4) is 91.4 Å². The summed E-state index contributed by atoms with van der Waals surface area (Å²) in [6.45, 7) is 0. The van der Waals surface area contributed by atoms with Crippen LogP contribution in [0.4, 0.5) is 0 Å². The summed E-state index contributed by atoms with van der Waals surface area (Å²) >= 11 is 0. The predicted octanol–water partition coefficient (Wildman–Crippen LogP) is 13.5. The summed E-state index contributed by atoms with van der Waals surface area (Å²) < 4.78 is 4.64. The first kappa shape index (κ1) is 42.4. The lowest BCUT2D eigenvalue weighted by molar-refractivity contribution is 1.04. The third-order valence-corrected chi connectivity index (χ3v) is 13.3. The molecule has 0 saturated carbocycles. The third-order valence-electron chi connectivity index (χ3n) is 13.3. The van der Waals surface area contributed by atoms with E-state index in [1.165, 1.54) is 0 Å². The van der Waals surface area contributed by atoms with Crippen LogP contribution in [0.3, 0.4) is 0 Å². The van der Waals surface area contributed by atoms with Gasteiger partial charge in [-0.05, 0) is 120 Å². The second-order valence-electron chi connectivity index (χ2n) is 17.7. The fourth-order valence-corrected chi connectivity index (χ4v) is 9.88. The summed E-state index contributed by atoms with van der Waals surface area (Å²) in [4.78, 5) is 47.7. The molecule has 14 aromatic rings. The Morgan fingerprint density at radius 2 is 0.568 bits per heavy atom. The van der Waals surface area contributed by atoms with Crippen molar-refractivity contribution in [2.24, 2.45) is 0 Å². The minimum absolute atomic E-state index is 0.478. The second kappa shape index (κ2) is 17.7. The predicted molar refractivity (Wildman–Crippen MR) is 291 cm³/mol. The van der Waals surface area contributed by atoms with Crippen LogP contribution in [0.5, 0.6) is 0 Å². The Labute approximate surface area is 423 Å². The Morgan fingerprint density at radius 3 is 0.932 bits per heavy atom. The van der Waals surface area contributed by atoms with Gasteiger partial charge < -0.3 is 9.13 Å². The fourth-order valence-electron chi connectivity index (χ4n) is 9.88. The molecule has 14 rings (SSSR count).